The van der Waals surface area contributed by atoms with Gasteiger partial charge in [-0.05, 0) is 33.0 Å². The maximum atomic E-state index is 3.40. The molecule has 2 atom stereocenters. The van der Waals surface area contributed by atoms with Gasteiger partial charge in [0, 0.05) is 12.1 Å². The van der Waals surface area contributed by atoms with Crippen molar-refractivity contribution in [3.63, 3.8) is 0 Å². The lowest BCUT2D eigenvalue weighted by atomic mass is 10.2. The molecule has 0 aromatic heterocycles. The minimum Gasteiger partial charge on any atom is -0.315 e. The third-order valence-electron chi connectivity index (χ3n) is 2.91. The zero-order valence-electron chi connectivity index (χ0n) is 6.15. The van der Waals surface area contributed by atoms with Gasteiger partial charge in [-0.15, -0.1) is 0 Å². The Balaban J connectivity index is 2.10. The molecule has 2 heteroatoms. The van der Waals surface area contributed by atoms with E-state index in [1.54, 1.807) is 0 Å². The van der Waals surface area contributed by atoms with E-state index in [4.69, 9.17) is 0 Å². The molecule has 1 heterocycles. The van der Waals surface area contributed by atoms with Crippen LogP contribution in [-0.4, -0.2) is 37.6 Å². The maximum absolute atomic E-state index is 3.40. The van der Waals surface area contributed by atoms with Crippen molar-refractivity contribution in [3.8, 4) is 0 Å². The van der Waals surface area contributed by atoms with Gasteiger partial charge >= 0.3 is 0 Å². The number of rotatable bonds is 1. The van der Waals surface area contributed by atoms with Crippen LogP contribution < -0.4 is 5.32 Å². The van der Waals surface area contributed by atoms with Crippen molar-refractivity contribution in [2.24, 2.45) is 5.92 Å². The third kappa shape index (κ3) is 0.578. The van der Waals surface area contributed by atoms with Gasteiger partial charge in [-0.1, -0.05) is 0 Å². The van der Waals surface area contributed by atoms with Crippen molar-refractivity contribution < 1.29 is 0 Å². The van der Waals surface area contributed by atoms with E-state index >= 15 is 0 Å². The topological polar surface area (TPSA) is 15.3 Å². The largest absolute Gasteiger partial charge is 0.315 e. The zero-order chi connectivity index (χ0) is 6.48. The Morgan fingerprint density at radius 1 is 1.56 bits per heavy atom. The van der Waals surface area contributed by atoms with E-state index in [9.17, 15) is 0 Å². The Morgan fingerprint density at radius 2 is 2.33 bits per heavy atom. The average molecular weight is 126 g/mol. The van der Waals surface area contributed by atoms with E-state index in [1.165, 1.54) is 19.5 Å². The molecule has 0 amide bonds. The minimum absolute atomic E-state index is 0.583. The minimum atomic E-state index is 0.583. The number of nitrogens with one attached hydrogen (secondary N) is 1. The summed E-state index contributed by atoms with van der Waals surface area (Å²) in [4.78, 5) is 2.37. The summed E-state index contributed by atoms with van der Waals surface area (Å²) in [5, 5.41) is 3.40. The van der Waals surface area contributed by atoms with Crippen LogP contribution in [0.25, 0.3) is 0 Å². The third-order valence-corrected chi connectivity index (χ3v) is 2.91. The first-order valence-corrected chi connectivity index (χ1v) is 3.64. The summed E-state index contributed by atoms with van der Waals surface area (Å²) in [5.74, 6) is 0.965. The molecule has 2 fully saturated rings. The highest BCUT2D eigenvalue weighted by molar-refractivity contribution is 5.16. The molecule has 2 rings (SSSR count). The standard InChI is InChI=1S/C7H14N2/c1-9(2)7-3-6(7)4-8-5-7/h6,8H,3-5H2,1-2H3/t6-,7-/m1/s1. The van der Waals surface area contributed by atoms with Crippen LogP contribution in [0.1, 0.15) is 6.42 Å². The summed E-state index contributed by atoms with van der Waals surface area (Å²) >= 11 is 0. The summed E-state index contributed by atoms with van der Waals surface area (Å²) in [5.41, 5.74) is 0.583. The second-order valence-corrected chi connectivity index (χ2v) is 3.53. The van der Waals surface area contributed by atoms with Gasteiger partial charge < -0.3 is 10.2 Å². The van der Waals surface area contributed by atoms with Crippen molar-refractivity contribution in [2.45, 2.75) is 12.0 Å². The second kappa shape index (κ2) is 1.50. The molecule has 9 heavy (non-hydrogen) atoms. The number of nitrogens with zero attached hydrogens (tertiary/aromatic N) is 1. The first kappa shape index (κ1) is 5.69. The van der Waals surface area contributed by atoms with Gasteiger partial charge in [0.15, 0.2) is 0 Å². The van der Waals surface area contributed by atoms with E-state index in [0.29, 0.717) is 5.54 Å². The van der Waals surface area contributed by atoms with Crippen LogP contribution >= 0.6 is 0 Å². The molecule has 0 spiro atoms. The van der Waals surface area contributed by atoms with Crippen molar-refractivity contribution in [1.82, 2.24) is 10.2 Å². The Bertz CT molecular complexity index is 129. The van der Waals surface area contributed by atoms with Crippen LogP contribution in [0.5, 0.6) is 0 Å². The van der Waals surface area contributed by atoms with Crippen LogP contribution in [-0.2, 0) is 0 Å². The molecule has 52 valence electrons. The van der Waals surface area contributed by atoms with Gasteiger partial charge in [-0.3, -0.25) is 0 Å². The number of fused-ring (bicyclic) bond motifs is 1. The van der Waals surface area contributed by atoms with E-state index in [-0.39, 0.29) is 0 Å². The van der Waals surface area contributed by atoms with Crippen molar-refractivity contribution in [2.75, 3.05) is 27.2 Å². The van der Waals surface area contributed by atoms with E-state index in [1.807, 2.05) is 0 Å². The Morgan fingerprint density at radius 3 is 2.56 bits per heavy atom. The smallest absolute Gasteiger partial charge is 0.0372 e. The van der Waals surface area contributed by atoms with Crippen LogP contribution in [0.4, 0.5) is 0 Å². The van der Waals surface area contributed by atoms with Gasteiger partial charge in [0.1, 0.15) is 0 Å². The van der Waals surface area contributed by atoms with Crippen LogP contribution in [0.2, 0.25) is 0 Å². The number of likely N-dealkylation sites (N-methyl/N-ethyl adjacent to an activating group) is 1. The molecule has 0 bridgehead atoms. The van der Waals surface area contributed by atoms with Crippen molar-refractivity contribution in [3.05, 3.63) is 0 Å². The maximum Gasteiger partial charge on any atom is 0.0372 e. The molecule has 0 aromatic carbocycles. The van der Waals surface area contributed by atoms with Gasteiger partial charge in [0.25, 0.3) is 0 Å². The van der Waals surface area contributed by atoms with Gasteiger partial charge in [-0.25, -0.2) is 0 Å². The lowest BCUT2D eigenvalue weighted by Crippen LogP contribution is -2.35. The molecular formula is C7H14N2. The lowest BCUT2D eigenvalue weighted by molar-refractivity contribution is 0.274. The molecule has 1 aliphatic heterocycles. The highest BCUT2D eigenvalue weighted by atomic mass is 15.3. The molecule has 1 saturated heterocycles. The fourth-order valence-electron chi connectivity index (χ4n) is 2.02. The number of hydrogen-bond donors (Lipinski definition) is 1. The summed E-state index contributed by atoms with van der Waals surface area (Å²) in [6.45, 7) is 2.46. The van der Waals surface area contributed by atoms with Crippen molar-refractivity contribution in [1.29, 1.82) is 0 Å². The molecule has 0 unspecified atom stereocenters. The van der Waals surface area contributed by atoms with Gasteiger partial charge in [-0.2, -0.15) is 0 Å². The molecule has 1 N–H and O–H groups in total. The molecule has 0 aromatic rings. The van der Waals surface area contributed by atoms with E-state index < -0.39 is 0 Å². The number of hydrogen-bond acceptors (Lipinski definition) is 2. The van der Waals surface area contributed by atoms with Crippen LogP contribution in [0, 0.1) is 5.92 Å². The summed E-state index contributed by atoms with van der Waals surface area (Å²) in [6.07, 6.45) is 1.42. The Labute approximate surface area is 56.2 Å². The van der Waals surface area contributed by atoms with Crippen molar-refractivity contribution >= 4 is 0 Å². The first-order chi connectivity index (χ1) is 4.26. The predicted octanol–water partition coefficient (Wildman–Crippen LogP) is -0.0901. The molecular weight excluding hydrogens is 112 g/mol. The fourth-order valence-corrected chi connectivity index (χ4v) is 2.02. The SMILES string of the molecule is CN(C)[C@]12CNC[C@H]1C2. The first-order valence-electron chi connectivity index (χ1n) is 3.64. The summed E-state index contributed by atoms with van der Waals surface area (Å²) in [6, 6.07) is 0. The molecule has 2 aliphatic rings. The normalized spacial score (nSPS) is 47.7. The second-order valence-electron chi connectivity index (χ2n) is 3.53. The summed E-state index contributed by atoms with van der Waals surface area (Å²) in [7, 11) is 4.38. The number of piperidine rings is 1. The fraction of sp³-hybridized carbons (Fsp3) is 1.00. The lowest BCUT2D eigenvalue weighted by Gasteiger charge is -2.20. The molecule has 1 aliphatic carbocycles. The Kier molecular flexibility index (Phi) is 0.945. The molecule has 2 nitrogen and oxygen atoms in total. The zero-order valence-corrected chi connectivity index (χ0v) is 6.15. The van der Waals surface area contributed by atoms with E-state index in [0.717, 1.165) is 5.92 Å². The highest BCUT2D eigenvalue weighted by Crippen LogP contribution is 2.49. The monoisotopic (exact) mass is 126 g/mol. The quantitative estimate of drug-likeness (QED) is 0.528. The van der Waals surface area contributed by atoms with Gasteiger partial charge in [0.2, 0.25) is 0 Å². The summed E-state index contributed by atoms with van der Waals surface area (Å²) < 4.78 is 0. The van der Waals surface area contributed by atoms with E-state index in [2.05, 4.69) is 24.3 Å². The highest BCUT2D eigenvalue weighted by Gasteiger charge is 2.58. The molecule has 1 saturated carbocycles. The van der Waals surface area contributed by atoms with Crippen LogP contribution in [0.15, 0.2) is 0 Å². The Hall–Kier alpha value is -0.0800. The molecule has 0 radical (unpaired) electrons. The van der Waals surface area contributed by atoms with Gasteiger partial charge in [0.05, 0.1) is 0 Å². The average Bonchev–Trinajstić information content (AvgIpc) is 2.38. The van der Waals surface area contributed by atoms with Crippen LogP contribution in [0.3, 0.4) is 0 Å². The predicted molar refractivity (Wildman–Crippen MR) is 37.4 cm³/mol.